The number of nitrogens with one attached hydrogen (secondary N) is 3. The fourth-order valence-corrected chi connectivity index (χ4v) is 2.69. The van der Waals surface area contributed by atoms with E-state index in [1.165, 1.54) is 6.92 Å². The van der Waals surface area contributed by atoms with Gasteiger partial charge in [-0.2, -0.15) is 0 Å². The molecule has 14 heteroatoms. The van der Waals surface area contributed by atoms with Crippen molar-refractivity contribution in [1.29, 1.82) is 0 Å². The summed E-state index contributed by atoms with van der Waals surface area (Å²) in [5, 5.41) is 25.0. The largest absolute Gasteiger partial charge is 0.481 e. The Morgan fingerprint density at radius 3 is 1.70 bits per heavy atom. The maximum atomic E-state index is 12.8. The molecule has 14 nitrogen and oxygen atoms in total. The van der Waals surface area contributed by atoms with Gasteiger partial charge in [0.1, 0.15) is 18.1 Å². The Hall–Kier alpha value is -3.26. The molecule has 0 aromatic carbocycles. The Balaban J connectivity index is 5.48. The third-order valence-electron chi connectivity index (χ3n) is 4.57. The second-order valence-corrected chi connectivity index (χ2v) is 7.53. The van der Waals surface area contributed by atoms with Crippen molar-refractivity contribution in [1.82, 2.24) is 16.0 Å². The highest BCUT2D eigenvalue weighted by Gasteiger charge is 2.30. The molecule has 0 saturated heterocycles. The molecule has 0 aromatic heterocycles. The third kappa shape index (κ3) is 13.0. The van der Waals surface area contributed by atoms with Crippen LogP contribution in [0.3, 0.4) is 0 Å². The lowest BCUT2D eigenvalue weighted by Crippen LogP contribution is -2.57. The zero-order valence-corrected chi connectivity index (χ0v) is 18.5. The van der Waals surface area contributed by atoms with Gasteiger partial charge >= 0.3 is 11.9 Å². The number of carboxylic acid groups (broad SMARTS) is 2. The van der Waals surface area contributed by atoms with Gasteiger partial charge in [-0.05, 0) is 45.6 Å². The van der Waals surface area contributed by atoms with Gasteiger partial charge in [0, 0.05) is 12.8 Å². The molecule has 0 rings (SSSR count). The van der Waals surface area contributed by atoms with Crippen LogP contribution in [0.5, 0.6) is 0 Å². The minimum atomic E-state index is -1.53. The first-order valence-corrected chi connectivity index (χ1v) is 10.5. The molecule has 0 aliphatic rings. The molecule has 0 radical (unpaired) electrons. The van der Waals surface area contributed by atoms with Crippen molar-refractivity contribution in [3.8, 4) is 0 Å². The standard InChI is InChI=1S/C19H34N6O8/c1-10(21)16(29)23-11(4-2-3-9-20)17(30)24-12(5-7-14(22)26)18(31)25-13(19(32)33)6-8-15(27)28/h10-13H,2-9,20-21H2,1H3,(H2,22,26)(H,23,29)(H,24,30)(H,25,31)(H,27,28)(H,32,33). The molecular formula is C19H34N6O8. The van der Waals surface area contributed by atoms with E-state index in [0.717, 1.165) is 0 Å². The van der Waals surface area contributed by atoms with E-state index in [1.54, 1.807) is 0 Å². The number of hydrogen-bond donors (Lipinski definition) is 8. The number of carboxylic acids is 2. The molecule has 0 bridgehead atoms. The van der Waals surface area contributed by atoms with Gasteiger partial charge in [-0.25, -0.2) is 4.79 Å². The third-order valence-corrected chi connectivity index (χ3v) is 4.57. The van der Waals surface area contributed by atoms with Gasteiger partial charge < -0.3 is 43.4 Å². The Morgan fingerprint density at radius 1 is 0.758 bits per heavy atom. The van der Waals surface area contributed by atoms with Crippen molar-refractivity contribution in [2.24, 2.45) is 17.2 Å². The topological polar surface area (TPSA) is 257 Å². The minimum absolute atomic E-state index is 0.196. The van der Waals surface area contributed by atoms with Crippen molar-refractivity contribution in [2.75, 3.05) is 6.54 Å². The molecule has 0 fully saturated rings. The molecule has 0 aromatic rings. The van der Waals surface area contributed by atoms with Crippen molar-refractivity contribution >= 4 is 35.6 Å². The molecule has 0 heterocycles. The van der Waals surface area contributed by atoms with Crippen LogP contribution in [0.15, 0.2) is 0 Å². The molecule has 4 atom stereocenters. The summed E-state index contributed by atoms with van der Waals surface area (Å²) < 4.78 is 0. The van der Waals surface area contributed by atoms with E-state index in [2.05, 4.69) is 16.0 Å². The zero-order valence-electron chi connectivity index (χ0n) is 18.5. The molecular weight excluding hydrogens is 440 g/mol. The van der Waals surface area contributed by atoms with Crippen molar-refractivity contribution < 1.29 is 39.0 Å². The van der Waals surface area contributed by atoms with Crippen molar-refractivity contribution in [3.63, 3.8) is 0 Å². The summed E-state index contributed by atoms with van der Waals surface area (Å²) in [6.07, 6.45) is -0.178. The fourth-order valence-electron chi connectivity index (χ4n) is 2.69. The van der Waals surface area contributed by atoms with Crippen LogP contribution in [0.1, 0.15) is 51.9 Å². The highest BCUT2D eigenvalue weighted by atomic mass is 16.4. The monoisotopic (exact) mass is 474 g/mol. The molecule has 188 valence electrons. The Bertz CT molecular complexity index is 714. The minimum Gasteiger partial charge on any atom is -0.481 e. The summed E-state index contributed by atoms with van der Waals surface area (Å²) in [6.45, 7) is 1.79. The molecule has 11 N–H and O–H groups in total. The Kier molecular flexibility index (Phi) is 14.0. The lowest BCUT2D eigenvalue weighted by Gasteiger charge is -2.24. The number of carbonyl (C=O) groups excluding carboxylic acids is 4. The van der Waals surface area contributed by atoms with Crippen LogP contribution in [0, 0.1) is 0 Å². The van der Waals surface area contributed by atoms with Gasteiger partial charge in [-0.1, -0.05) is 0 Å². The number of nitrogens with two attached hydrogens (primary N) is 3. The Labute approximate surface area is 191 Å². The SMILES string of the molecule is CC(N)C(=O)NC(CCCCN)C(=O)NC(CCC(N)=O)C(=O)NC(CCC(=O)O)C(=O)O. The molecule has 4 unspecified atom stereocenters. The van der Waals surface area contributed by atoms with Crippen LogP contribution in [0.2, 0.25) is 0 Å². The summed E-state index contributed by atoms with van der Waals surface area (Å²) in [5.41, 5.74) is 16.1. The zero-order chi connectivity index (χ0) is 25.6. The lowest BCUT2D eigenvalue weighted by molar-refractivity contribution is -0.143. The number of carbonyl (C=O) groups is 6. The first kappa shape index (κ1) is 29.7. The predicted molar refractivity (Wildman–Crippen MR) is 115 cm³/mol. The number of primary amides is 1. The van der Waals surface area contributed by atoms with Crippen LogP contribution in [-0.2, 0) is 28.8 Å². The molecule has 0 aliphatic heterocycles. The number of hydrogen-bond acceptors (Lipinski definition) is 8. The second-order valence-electron chi connectivity index (χ2n) is 7.53. The molecule has 33 heavy (non-hydrogen) atoms. The average Bonchev–Trinajstić information content (AvgIpc) is 2.72. The van der Waals surface area contributed by atoms with E-state index < -0.39 is 66.2 Å². The van der Waals surface area contributed by atoms with E-state index in [4.69, 9.17) is 22.3 Å². The van der Waals surface area contributed by atoms with Crippen LogP contribution < -0.4 is 33.2 Å². The van der Waals surface area contributed by atoms with E-state index >= 15 is 0 Å². The van der Waals surface area contributed by atoms with Gasteiger partial charge in [0.05, 0.1) is 6.04 Å². The lowest BCUT2D eigenvalue weighted by atomic mass is 10.0. The highest BCUT2D eigenvalue weighted by Crippen LogP contribution is 2.06. The number of rotatable bonds is 17. The number of amides is 4. The van der Waals surface area contributed by atoms with Gasteiger partial charge in [-0.15, -0.1) is 0 Å². The van der Waals surface area contributed by atoms with Crippen LogP contribution in [0.25, 0.3) is 0 Å². The van der Waals surface area contributed by atoms with Crippen molar-refractivity contribution in [2.45, 2.75) is 76.0 Å². The fraction of sp³-hybridized carbons (Fsp3) is 0.684. The normalized spacial score (nSPS) is 14.3. The van der Waals surface area contributed by atoms with Crippen LogP contribution in [0.4, 0.5) is 0 Å². The maximum absolute atomic E-state index is 12.8. The molecule has 0 aliphatic carbocycles. The Morgan fingerprint density at radius 2 is 1.24 bits per heavy atom. The van der Waals surface area contributed by atoms with Gasteiger partial charge in [0.2, 0.25) is 23.6 Å². The smallest absolute Gasteiger partial charge is 0.326 e. The summed E-state index contributed by atoms with van der Waals surface area (Å²) in [6, 6.07) is -4.84. The van der Waals surface area contributed by atoms with Crippen LogP contribution in [-0.4, -0.2) is 76.5 Å². The number of aliphatic carboxylic acids is 2. The molecule has 0 saturated carbocycles. The first-order chi connectivity index (χ1) is 15.4. The van der Waals surface area contributed by atoms with Gasteiger partial charge in [0.15, 0.2) is 0 Å². The van der Waals surface area contributed by atoms with Crippen molar-refractivity contribution in [3.05, 3.63) is 0 Å². The van der Waals surface area contributed by atoms with E-state index in [0.29, 0.717) is 19.4 Å². The molecule has 0 spiro atoms. The summed E-state index contributed by atoms with van der Waals surface area (Å²) in [5.74, 6) is -5.76. The first-order valence-electron chi connectivity index (χ1n) is 10.5. The van der Waals surface area contributed by atoms with E-state index in [1.807, 2.05) is 0 Å². The highest BCUT2D eigenvalue weighted by molar-refractivity contribution is 5.94. The van der Waals surface area contributed by atoms with Crippen LogP contribution >= 0.6 is 0 Å². The molecule has 4 amide bonds. The quantitative estimate of drug-likeness (QED) is 0.0999. The van der Waals surface area contributed by atoms with E-state index in [-0.39, 0.29) is 25.7 Å². The van der Waals surface area contributed by atoms with Gasteiger partial charge in [-0.3, -0.25) is 24.0 Å². The summed E-state index contributed by atoms with van der Waals surface area (Å²) >= 11 is 0. The predicted octanol–water partition coefficient (Wildman–Crippen LogP) is -2.87. The maximum Gasteiger partial charge on any atom is 0.326 e. The van der Waals surface area contributed by atoms with E-state index in [9.17, 15) is 33.9 Å². The van der Waals surface area contributed by atoms with Gasteiger partial charge in [0.25, 0.3) is 0 Å². The average molecular weight is 475 g/mol. The second kappa shape index (κ2) is 15.5. The number of unbranched alkanes of at least 4 members (excludes halogenated alkanes) is 1. The summed E-state index contributed by atoms with van der Waals surface area (Å²) in [4.78, 5) is 70.7. The summed E-state index contributed by atoms with van der Waals surface area (Å²) in [7, 11) is 0.